The van der Waals surface area contributed by atoms with Gasteiger partial charge in [-0.2, -0.15) is 0 Å². The zero-order valence-corrected chi connectivity index (χ0v) is 19.1. The van der Waals surface area contributed by atoms with Crippen molar-refractivity contribution in [2.45, 2.75) is 46.8 Å². The maximum absolute atomic E-state index is 13.9. The van der Waals surface area contributed by atoms with Gasteiger partial charge in [-0.05, 0) is 33.3 Å². The second kappa shape index (κ2) is 9.67. The molecule has 0 bridgehead atoms. The lowest BCUT2D eigenvalue weighted by molar-refractivity contribution is -0.142. The molecular weight excluding hydrogens is 408 g/mol. The molecule has 0 radical (unpaired) electrons. The quantitative estimate of drug-likeness (QED) is 0.558. The Balaban J connectivity index is 1.76. The molecule has 32 heavy (non-hydrogen) atoms. The van der Waals surface area contributed by atoms with E-state index in [9.17, 15) is 4.79 Å². The van der Waals surface area contributed by atoms with Crippen LogP contribution in [0.25, 0.3) is 0 Å². The minimum Gasteiger partial charge on any atom is -0.378 e. The summed E-state index contributed by atoms with van der Waals surface area (Å²) in [6.45, 7) is 11.0. The van der Waals surface area contributed by atoms with Crippen LogP contribution in [0.15, 0.2) is 39.4 Å². The summed E-state index contributed by atoms with van der Waals surface area (Å²) in [5.41, 5.74) is 4.59. The van der Waals surface area contributed by atoms with E-state index in [0.717, 1.165) is 39.6 Å². The summed E-state index contributed by atoms with van der Waals surface area (Å²) < 4.78 is 16.3. The molecule has 0 spiro atoms. The van der Waals surface area contributed by atoms with Crippen molar-refractivity contribution in [3.05, 3.63) is 69.9 Å². The van der Waals surface area contributed by atoms with Crippen molar-refractivity contribution >= 4 is 5.91 Å². The highest BCUT2D eigenvalue weighted by Gasteiger charge is 2.34. The molecule has 3 aromatic rings. The molecule has 170 valence electrons. The van der Waals surface area contributed by atoms with Gasteiger partial charge in [-0.1, -0.05) is 40.6 Å². The third-order valence-corrected chi connectivity index (χ3v) is 6.12. The molecule has 8 nitrogen and oxygen atoms in total. The van der Waals surface area contributed by atoms with Crippen molar-refractivity contribution in [2.75, 3.05) is 26.3 Å². The Labute approximate surface area is 188 Å². The van der Waals surface area contributed by atoms with E-state index in [1.165, 1.54) is 0 Å². The standard InChI is InChI=1S/C24H30N4O4/c1-16-21(18(3)31-25-16)14-28(15-22-17(2)26-32-19(22)4)23(20-8-6-5-7-9-20)24(29)27-10-12-30-13-11-27/h5-9,23H,10-15H2,1-4H3/t23-/m1/s1. The maximum Gasteiger partial charge on any atom is 0.244 e. The monoisotopic (exact) mass is 438 g/mol. The fourth-order valence-corrected chi connectivity index (χ4v) is 4.20. The number of aryl methyl sites for hydroxylation is 4. The van der Waals surface area contributed by atoms with Gasteiger partial charge in [0.25, 0.3) is 0 Å². The van der Waals surface area contributed by atoms with E-state index in [0.29, 0.717) is 39.4 Å². The van der Waals surface area contributed by atoms with Gasteiger partial charge in [-0.3, -0.25) is 9.69 Å². The highest BCUT2D eigenvalue weighted by atomic mass is 16.5. The second-order valence-electron chi connectivity index (χ2n) is 8.26. The Morgan fingerprint density at radius 1 is 0.938 bits per heavy atom. The van der Waals surface area contributed by atoms with E-state index in [-0.39, 0.29) is 5.91 Å². The van der Waals surface area contributed by atoms with Crippen LogP contribution in [-0.2, 0) is 22.6 Å². The zero-order valence-electron chi connectivity index (χ0n) is 19.1. The Morgan fingerprint density at radius 2 is 1.47 bits per heavy atom. The SMILES string of the molecule is Cc1noc(C)c1CN(Cc1c(C)noc1C)[C@@H](C(=O)N1CCOCC1)c1ccccc1. The molecule has 0 saturated carbocycles. The van der Waals surface area contributed by atoms with Crippen LogP contribution in [0.5, 0.6) is 0 Å². The molecule has 1 fully saturated rings. The highest BCUT2D eigenvalue weighted by molar-refractivity contribution is 5.83. The van der Waals surface area contributed by atoms with E-state index in [2.05, 4.69) is 15.2 Å². The average molecular weight is 439 g/mol. The Morgan fingerprint density at radius 3 is 1.94 bits per heavy atom. The van der Waals surface area contributed by atoms with Gasteiger partial charge in [-0.15, -0.1) is 0 Å². The number of aromatic nitrogens is 2. The second-order valence-corrected chi connectivity index (χ2v) is 8.26. The molecule has 1 aliphatic heterocycles. The van der Waals surface area contributed by atoms with Gasteiger partial charge in [0.2, 0.25) is 5.91 Å². The molecule has 8 heteroatoms. The van der Waals surface area contributed by atoms with Crippen molar-refractivity contribution in [3.63, 3.8) is 0 Å². The van der Waals surface area contributed by atoms with Gasteiger partial charge in [-0.25, -0.2) is 0 Å². The predicted octanol–water partition coefficient (Wildman–Crippen LogP) is 3.50. The number of carbonyl (C=O) groups excluding carboxylic acids is 1. The molecule has 4 rings (SSSR count). The molecule has 0 unspecified atom stereocenters. The molecule has 1 aliphatic rings. The van der Waals surface area contributed by atoms with Crippen molar-refractivity contribution in [1.82, 2.24) is 20.1 Å². The number of nitrogens with zero attached hydrogens (tertiary/aromatic N) is 4. The first kappa shape index (κ1) is 22.2. The number of benzene rings is 1. The van der Waals surface area contributed by atoms with Crippen LogP contribution >= 0.6 is 0 Å². The topological polar surface area (TPSA) is 84.8 Å². The van der Waals surface area contributed by atoms with E-state index < -0.39 is 6.04 Å². The van der Waals surface area contributed by atoms with Crippen LogP contribution in [0.1, 0.15) is 45.6 Å². The van der Waals surface area contributed by atoms with Gasteiger partial charge in [0.05, 0.1) is 24.6 Å². The number of morpholine rings is 1. The van der Waals surface area contributed by atoms with Gasteiger partial charge >= 0.3 is 0 Å². The number of ether oxygens (including phenoxy) is 1. The molecule has 1 atom stereocenters. The molecule has 0 N–H and O–H groups in total. The van der Waals surface area contributed by atoms with Crippen LogP contribution in [0.3, 0.4) is 0 Å². The number of carbonyl (C=O) groups is 1. The lowest BCUT2D eigenvalue weighted by Gasteiger charge is -2.36. The van der Waals surface area contributed by atoms with Crippen LogP contribution < -0.4 is 0 Å². The van der Waals surface area contributed by atoms with E-state index in [4.69, 9.17) is 13.8 Å². The highest BCUT2D eigenvalue weighted by Crippen LogP contribution is 2.30. The van der Waals surface area contributed by atoms with Crippen LogP contribution in [0.4, 0.5) is 0 Å². The molecule has 0 aliphatic carbocycles. The summed E-state index contributed by atoms with van der Waals surface area (Å²) >= 11 is 0. The average Bonchev–Trinajstić information content (AvgIpc) is 3.30. The van der Waals surface area contributed by atoms with Crippen molar-refractivity contribution < 1.29 is 18.6 Å². The summed E-state index contributed by atoms with van der Waals surface area (Å²) in [5, 5.41) is 8.25. The predicted molar refractivity (Wildman–Crippen MR) is 118 cm³/mol. The van der Waals surface area contributed by atoms with E-state index in [1.54, 1.807) is 0 Å². The van der Waals surface area contributed by atoms with Gasteiger partial charge in [0.15, 0.2) is 0 Å². The van der Waals surface area contributed by atoms with Crippen LogP contribution in [-0.4, -0.2) is 52.3 Å². The number of rotatable bonds is 7. The number of amides is 1. The molecule has 1 aromatic carbocycles. The van der Waals surface area contributed by atoms with Crippen LogP contribution in [0, 0.1) is 27.7 Å². The maximum atomic E-state index is 13.9. The molecular formula is C24H30N4O4. The summed E-state index contributed by atoms with van der Waals surface area (Å²) in [7, 11) is 0. The third kappa shape index (κ3) is 4.61. The smallest absolute Gasteiger partial charge is 0.244 e. The molecule has 1 amide bonds. The zero-order chi connectivity index (χ0) is 22.7. The summed E-state index contributed by atoms with van der Waals surface area (Å²) in [6, 6.07) is 9.45. The van der Waals surface area contributed by atoms with Crippen molar-refractivity contribution in [2.24, 2.45) is 0 Å². The first-order chi connectivity index (χ1) is 15.5. The Kier molecular flexibility index (Phi) is 6.72. The lowest BCUT2D eigenvalue weighted by Crippen LogP contribution is -2.47. The first-order valence-electron chi connectivity index (χ1n) is 10.9. The summed E-state index contributed by atoms with van der Waals surface area (Å²) in [6.07, 6.45) is 0. The third-order valence-electron chi connectivity index (χ3n) is 6.12. The minimum atomic E-state index is -0.475. The fraction of sp³-hybridized carbons (Fsp3) is 0.458. The fourth-order valence-electron chi connectivity index (χ4n) is 4.20. The summed E-state index contributed by atoms with van der Waals surface area (Å²) in [5.74, 6) is 1.59. The minimum absolute atomic E-state index is 0.0676. The Hall–Kier alpha value is -2.97. The molecule has 2 aromatic heterocycles. The van der Waals surface area contributed by atoms with Gasteiger partial charge < -0.3 is 18.7 Å². The molecule has 1 saturated heterocycles. The normalized spacial score (nSPS) is 15.3. The first-order valence-corrected chi connectivity index (χ1v) is 10.9. The largest absolute Gasteiger partial charge is 0.378 e. The summed E-state index contributed by atoms with van der Waals surface area (Å²) in [4.78, 5) is 18.0. The van der Waals surface area contributed by atoms with Crippen LogP contribution in [0.2, 0.25) is 0 Å². The van der Waals surface area contributed by atoms with E-state index in [1.807, 2.05) is 62.9 Å². The number of hydrogen-bond acceptors (Lipinski definition) is 7. The molecule has 3 heterocycles. The van der Waals surface area contributed by atoms with Gasteiger partial charge in [0, 0.05) is 37.3 Å². The van der Waals surface area contributed by atoms with Gasteiger partial charge in [0.1, 0.15) is 17.6 Å². The van der Waals surface area contributed by atoms with E-state index >= 15 is 0 Å². The number of hydrogen-bond donors (Lipinski definition) is 0. The lowest BCUT2D eigenvalue weighted by atomic mass is 10.0. The van der Waals surface area contributed by atoms with Crippen molar-refractivity contribution in [3.8, 4) is 0 Å². The van der Waals surface area contributed by atoms with Crippen molar-refractivity contribution in [1.29, 1.82) is 0 Å². The Bertz CT molecular complexity index is 966.